The number of carbonyl (C=O) groups excluding carboxylic acids is 4. The Morgan fingerprint density at radius 1 is 1.16 bits per heavy atom. The molecule has 38 heavy (non-hydrogen) atoms. The number of nitrogens with one attached hydrogen (secondary N) is 2. The highest BCUT2D eigenvalue weighted by molar-refractivity contribution is 6.07. The third-order valence-electron chi connectivity index (χ3n) is 6.45. The van der Waals surface area contributed by atoms with Crippen LogP contribution in [0.2, 0.25) is 0 Å². The molecule has 2 aliphatic rings. The summed E-state index contributed by atoms with van der Waals surface area (Å²) in [6, 6.07) is 5.89. The number of rotatable bonds is 7. The summed E-state index contributed by atoms with van der Waals surface area (Å²) in [5, 5.41) is 15.4. The Kier molecular flexibility index (Phi) is 7.27. The average molecular weight is 526 g/mol. The van der Waals surface area contributed by atoms with Crippen molar-refractivity contribution in [3.8, 4) is 0 Å². The van der Waals surface area contributed by atoms with E-state index in [9.17, 15) is 24.3 Å². The lowest BCUT2D eigenvalue weighted by atomic mass is 9.82. The number of hydrogen-bond donors (Lipinski definition) is 3. The van der Waals surface area contributed by atoms with Crippen molar-refractivity contribution in [3.63, 3.8) is 0 Å². The summed E-state index contributed by atoms with van der Waals surface area (Å²) in [5.74, 6) is -1.97. The fourth-order valence-electron chi connectivity index (χ4n) is 4.44. The SMILES string of the molecule is C[C@@H](O)[C@H]1C(=O)N2C(C(=O)OCOC(=O)C(C)(C)C)=C(c3ccc(NC(=O)Nc4nccn4C)cc3)C[C@H]12. The lowest BCUT2D eigenvalue weighted by molar-refractivity contribution is -0.175. The summed E-state index contributed by atoms with van der Waals surface area (Å²) in [4.78, 5) is 55.6. The van der Waals surface area contributed by atoms with Crippen molar-refractivity contribution in [1.82, 2.24) is 14.5 Å². The van der Waals surface area contributed by atoms with Crippen molar-refractivity contribution in [2.75, 3.05) is 17.4 Å². The molecule has 1 aromatic carbocycles. The topological polar surface area (TPSA) is 152 Å². The van der Waals surface area contributed by atoms with E-state index in [0.29, 0.717) is 29.2 Å². The van der Waals surface area contributed by atoms with Crippen LogP contribution in [0.3, 0.4) is 0 Å². The average Bonchev–Trinajstić information content (AvgIpc) is 3.39. The van der Waals surface area contributed by atoms with Crippen LogP contribution >= 0.6 is 0 Å². The Balaban J connectivity index is 1.51. The number of benzene rings is 1. The molecule has 0 spiro atoms. The number of carbonyl (C=O) groups is 4. The van der Waals surface area contributed by atoms with Crippen LogP contribution in [0.25, 0.3) is 5.57 Å². The van der Waals surface area contributed by atoms with E-state index < -0.39 is 48.2 Å². The van der Waals surface area contributed by atoms with Crippen LogP contribution in [0.15, 0.2) is 42.4 Å². The molecule has 12 heteroatoms. The van der Waals surface area contributed by atoms with Crippen LogP contribution in [0, 0.1) is 11.3 Å². The third-order valence-corrected chi connectivity index (χ3v) is 6.45. The predicted octanol–water partition coefficient (Wildman–Crippen LogP) is 2.48. The Labute approximate surface area is 219 Å². The van der Waals surface area contributed by atoms with Crippen LogP contribution in [0.4, 0.5) is 16.4 Å². The van der Waals surface area contributed by atoms with E-state index >= 15 is 0 Å². The van der Waals surface area contributed by atoms with Crippen LogP contribution in [0.5, 0.6) is 0 Å². The summed E-state index contributed by atoms with van der Waals surface area (Å²) < 4.78 is 11.9. The van der Waals surface area contributed by atoms with Gasteiger partial charge in [0.2, 0.25) is 18.6 Å². The van der Waals surface area contributed by atoms with Crippen molar-refractivity contribution in [1.29, 1.82) is 0 Å². The fraction of sp³-hybridized carbons (Fsp3) is 0.423. The summed E-state index contributed by atoms with van der Waals surface area (Å²) in [6.07, 6.45) is 2.72. The summed E-state index contributed by atoms with van der Waals surface area (Å²) in [7, 11) is 1.75. The molecule has 0 saturated carbocycles. The smallest absolute Gasteiger partial charge is 0.358 e. The monoisotopic (exact) mass is 525 g/mol. The first-order valence-corrected chi connectivity index (χ1v) is 12.1. The number of hydrogen-bond acceptors (Lipinski definition) is 8. The highest BCUT2D eigenvalue weighted by Gasteiger charge is 2.57. The first-order valence-electron chi connectivity index (χ1n) is 12.1. The van der Waals surface area contributed by atoms with Crippen molar-refractivity contribution < 1.29 is 33.8 Å². The van der Waals surface area contributed by atoms with E-state index in [1.54, 1.807) is 69.0 Å². The number of imidazole rings is 1. The first kappa shape index (κ1) is 26.9. The molecule has 12 nitrogen and oxygen atoms in total. The molecule has 4 rings (SSSR count). The summed E-state index contributed by atoms with van der Waals surface area (Å²) in [6.45, 7) is 5.98. The number of ether oxygens (including phenoxy) is 2. The lowest BCUT2D eigenvalue weighted by Crippen LogP contribution is -2.61. The minimum atomic E-state index is -0.878. The van der Waals surface area contributed by atoms with Crippen LogP contribution in [-0.2, 0) is 30.9 Å². The fourth-order valence-corrected chi connectivity index (χ4v) is 4.44. The molecule has 0 radical (unpaired) electrons. The van der Waals surface area contributed by atoms with Gasteiger partial charge >= 0.3 is 18.0 Å². The Morgan fingerprint density at radius 2 is 1.84 bits per heavy atom. The number of anilines is 2. The molecule has 0 unspecified atom stereocenters. The number of amides is 3. The molecule has 3 N–H and O–H groups in total. The van der Waals surface area contributed by atoms with Gasteiger partial charge in [0, 0.05) is 25.1 Å². The van der Waals surface area contributed by atoms with Gasteiger partial charge in [-0.3, -0.25) is 14.9 Å². The number of aryl methyl sites for hydroxylation is 1. The quantitative estimate of drug-likeness (QED) is 0.283. The van der Waals surface area contributed by atoms with E-state index in [4.69, 9.17) is 9.47 Å². The molecule has 2 aromatic rings. The Hall–Kier alpha value is -4.19. The maximum Gasteiger partial charge on any atom is 0.358 e. The van der Waals surface area contributed by atoms with E-state index in [-0.39, 0.29) is 11.6 Å². The molecule has 1 fully saturated rings. The third kappa shape index (κ3) is 5.25. The van der Waals surface area contributed by atoms with Crippen molar-refractivity contribution in [2.24, 2.45) is 18.4 Å². The zero-order valence-corrected chi connectivity index (χ0v) is 21.8. The highest BCUT2D eigenvalue weighted by atomic mass is 16.7. The molecular weight excluding hydrogens is 494 g/mol. The molecule has 3 amide bonds. The van der Waals surface area contributed by atoms with Gasteiger partial charge in [0.05, 0.1) is 23.5 Å². The Morgan fingerprint density at radius 3 is 2.42 bits per heavy atom. The number of fused-ring (bicyclic) bond motifs is 1. The number of urea groups is 1. The number of aromatic nitrogens is 2. The maximum atomic E-state index is 13.1. The van der Waals surface area contributed by atoms with Gasteiger partial charge in [0.25, 0.3) is 0 Å². The maximum absolute atomic E-state index is 13.1. The number of nitrogens with zero attached hydrogens (tertiary/aromatic N) is 3. The van der Waals surface area contributed by atoms with Gasteiger partial charge in [-0.1, -0.05) is 12.1 Å². The normalized spacial score (nSPS) is 19.4. The Bertz CT molecular complexity index is 1290. The van der Waals surface area contributed by atoms with Gasteiger partial charge < -0.3 is 29.4 Å². The van der Waals surface area contributed by atoms with Gasteiger partial charge in [0.1, 0.15) is 5.70 Å². The number of β-lactam (4-membered cyclic amide) rings is 1. The van der Waals surface area contributed by atoms with Crippen molar-refractivity contribution in [3.05, 3.63) is 47.9 Å². The van der Waals surface area contributed by atoms with E-state index in [2.05, 4.69) is 15.6 Å². The number of esters is 2. The predicted molar refractivity (Wildman–Crippen MR) is 136 cm³/mol. The van der Waals surface area contributed by atoms with E-state index in [0.717, 1.165) is 0 Å². The van der Waals surface area contributed by atoms with Crippen LogP contribution < -0.4 is 10.6 Å². The van der Waals surface area contributed by atoms with Crippen molar-refractivity contribution >= 4 is 41.1 Å². The number of aliphatic hydroxyl groups excluding tert-OH is 1. The second-order valence-corrected chi connectivity index (χ2v) is 10.3. The van der Waals surface area contributed by atoms with Gasteiger partial charge in [-0.2, -0.15) is 0 Å². The lowest BCUT2D eigenvalue weighted by Gasteiger charge is -2.44. The van der Waals surface area contributed by atoms with E-state index in [1.807, 2.05) is 0 Å². The molecule has 0 aliphatic carbocycles. The largest absolute Gasteiger partial charge is 0.427 e. The van der Waals surface area contributed by atoms with E-state index in [1.165, 1.54) is 11.8 Å². The highest BCUT2D eigenvalue weighted by Crippen LogP contribution is 2.47. The van der Waals surface area contributed by atoms with Crippen molar-refractivity contribution in [2.45, 2.75) is 46.3 Å². The zero-order chi connectivity index (χ0) is 27.8. The molecule has 2 aliphatic heterocycles. The first-order chi connectivity index (χ1) is 17.9. The minimum Gasteiger partial charge on any atom is -0.427 e. The minimum absolute atomic E-state index is 0.0527. The molecule has 1 saturated heterocycles. The summed E-state index contributed by atoms with van der Waals surface area (Å²) in [5.41, 5.74) is 0.986. The van der Waals surface area contributed by atoms with Gasteiger partial charge in [-0.25, -0.2) is 14.6 Å². The molecular formula is C26H31N5O7. The zero-order valence-electron chi connectivity index (χ0n) is 21.8. The standard InChI is InChI=1S/C26H31N5O7/c1-14(32)19-18-12-17(20(31(18)21(19)33)22(34)37-13-38-23(35)26(2,3)4)15-6-8-16(9-7-15)28-25(36)29-24-27-10-11-30(24)5/h6-11,14,18-19,32H,12-13H2,1-5H3,(H2,27,28,29,36)/t14-,18-,19-/m1/s1. The second-order valence-electron chi connectivity index (χ2n) is 10.3. The van der Waals surface area contributed by atoms with Crippen LogP contribution in [-0.4, -0.2) is 62.4 Å². The molecule has 0 bridgehead atoms. The van der Waals surface area contributed by atoms with Crippen LogP contribution in [0.1, 0.15) is 39.7 Å². The van der Waals surface area contributed by atoms with Gasteiger partial charge in [0.15, 0.2) is 0 Å². The van der Waals surface area contributed by atoms with Gasteiger partial charge in [-0.15, -0.1) is 0 Å². The van der Waals surface area contributed by atoms with Gasteiger partial charge in [-0.05, 0) is 57.4 Å². The summed E-state index contributed by atoms with van der Waals surface area (Å²) >= 11 is 0. The molecule has 3 heterocycles. The molecule has 202 valence electrons. The number of aliphatic hydroxyl groups is 1. The molecule has 1 aromatic heterocycles. The second kappa shape index (κ2) is 10.3. The molecule has 3 atom stereocenters.